The molecule has 138 valence electrons. The monoisotopic (exact) mass is 373 g/mol. The number of nitrogens with zero attached hydrogens (tertiary/aromatic N) is 2. The predicted molar refractivity (Wildman–Crippen MR) is 100 cm³/mol. The fraction of sp³-hybridized carbons (Fsp3) is 0.421. The van der Waals surface area contributed by atoms with E-state index in [0.29, 0.717) is 18.1 Å². The summed E-state index contributed by atoms with van der Waals surface area (Å²) in [6.45, 7) is 1.52. The molecule has 2 heterocycles. The summed E-state index contributed by atoms with van der Waals surface area (Å²) < 4.78 is 5.44. The summed E-state index contributed by atoms with van der Waals surface area (Å²) in [6, 6.07) is 7.36. The number of piperidine rings is 1. The van der Waals surface area contributed by atoms with E-state index >= 15 is 0 Å². The molecule has 7 heteroatoms. The molecule has 0 unspecified atom stereocenters. The van der Waals surface area contributed by atoms with Crippen molar-refractivity contribution in [3.8, 4) is 5.75 Å². The zero-order chi connectivity index (χ0) is 18.4. The van der Waals surface area contributed by atoms with Crippen LogP contribution in [0.15, 0.2) is 35.8 Å². The first-order chi connectivity index (χ1) is 12.7. The van der Waals surface area contributed by atoms with Crippen molar-refractivity contribution in [2.24, 2.45) is 0 Å². The van der Waals surface area contributed by atoms with Gasteiger partial charge in [0.05, 0.1) is 11.4 Å². The lowest BCUT2D eigenvalue weighted by Gasteiger charge is -2.31. The Kier molecular flexibility index (Phi) is 6.22. The molecule has 3 rings (SSSR count). The number of thiazole rings is 1. The number of hydrogen-bond donors (Lipinski definition) is 1. The largest absolute Gasteiger partial charge is 0.484 e. The lowest BCUT2D eigenvalue weighted by Crippen LogP contribution is -2.38. The zero-order valence-electron chi connectivity index (χ0n) is 14.8. The summed E-state index contributed by atoms with van der Waals surface area (Å²) in [6.07, 6.45) is 4.12. The molecular formula is C19H23N3O3S. The summed E-state index contributed by atoms with van der Waals surface area (Å²) in [5.41, 5.74) is 0.895. The van der Waals surface area contributed by atoms with Crippen LogP contribution in [0.2, 0.25) is 0 Å². The van der Waals surface area contributed by atoms with Gasteiger partial charge in [-0.3, -0.25) is 9.59 Å². The maximum atomic E-state index is 12.6. The number of amides is 2. The van der Waals surface area contributed by atoms with Crippen molar-refractivity contribution >= 4 is 23.2 Å². The SMILES string of the molecule is CNC(=O)COc1cccc(CC(=O)N2CCC(c3nccs3)CC2)c1. The molecule has 0 atom stereocenters. The van der Waals surface area contributed by atoms with Gasteiger partial charge in [0.1, 0.15) is 5.75 Å². The highest BCUT2D eigenvalue weighted by molar-refractivity contribution is 7.09. The number of ether oxygens (including phenoxy) is 1. The minimum Gasteiger partial charge on any atom is -0.484 e. The van der Waals surface area contributed by atoms with Crippen molar-refractivity contribution in [1.82, 2.24) is 15.2 Å². The molecule has 1 fully saturated rings. The Bertz CT molecular complexity index is 740. The number of benzene rings is 1. The normalized spacial score (nSPS) is 14.9. The number of likely N-dealkylation sites (tertiary alicyclic amines) is 1. The van der Waals surface area contributed by atoms with Crippen molar-refractivity contribution < 1.29 is 14.3 Å². The number of carbonyl (C=O) groups is 2. The molecule has 0 aliphatic carbocycles. The van der Waals surface area contributed by atoms with Gasteiger partial charge in [-0.2, -0.15) is 0 Å². The van der Waals surface area contributed by atoms with Gasteiger partial charge < -0.3 is 15.0 Å². The van der Waals surface area contributed by atoms with Crippen LogP contribution in [0.3, 0.4) is 0 Å². The maximum Gasteiger partial charge on any atom is 0.257 e. The van der Waals surface area contributed by atoms with Crippen LogP contribution in [0.25, 0.3) is 0 Å². The molecule has 1 aliphatic rings. The van der Waals surface area contributed by atoms with Crippen molar-refractivity contribution in [1.29, 1.82) is 0 Å². The molecular weight excluding hydrogens is 350 g/mol. The molecule has 2 aromatic rings. The molecule has 6 nitrogen and oxygen atoms in total. The average molecular weight is 373 g/mol. The van der Waals surface area contributed by atoms with Crippen LogP contribution in [-0.2, 0) is 16.0 Å². The van der Waals surface area contributed by atoms with E-state index in [1.165, 1.54) is 5.01 Å². The molecule has 0 saturated carbocycles. The Morgan fingerprint density at radius 2 is 2.15 bits per heavy atom. The fourth-order valence-corrected chi connectivity index (χ4v) is 3.88. The van der Waals surface area contributed by atoms with Gasteiger partial charge in [-0.1, -0.05) is 12.1 Å². The van der Waals surface area contributed by atoms with E-state index in [-0.39, 0.29) is 18.4 Å². The van der Waals surface area contributed by atoms with Crippen LogP contribution in [0.5, 0.6) is 5.75 Å². The topological polar surface area (TPSA) is 71.5 Å². The van der Waals surface area contributed by atoms with E-state index in [0.717, 1.165) is 31.5 Å². The lowest BCUT2D eigenvalue weighted by atomic mass is 9.97. The first-order valence-corrected chi connectivity index (χ1v) is 9.63. The van der Waals surface area contributed by atoms with E-state index in [2.05, 4.69) is 10.3 Å². The summed E-state index contributed by atoms with van der Waals surface area (Å²) in [4.78, 5) is 30.2. The van der Waals surface area contributed by atoms with Gasteiger partial charge >= 0.3 is 0 Å². The zero-order valence-corrected chi connectivity index (χ0v) is 15.6. The Labute approximate surface area is 157 Å². The third-order valence-electron chi connectivity index (χ3n) is 4.55. The highest BCUT2D eigenvalue weighted by Crippen LogP contribution is 2.29. The van der Waals surface area contributed by atoms with Gasteiger partial charge in [-0.25, -0.2) is 4.98 Å². The molecule has 1 saturated heterocycles. The third kappa shape index (κ3) is 4.82. The lowest BCUT2D eigenvalue weighted by molar-refractivity contribution is -0.131. The number of nitrogens with one attached hydrogen (secondary N) is 1. The molecule has 0 spiro atoms. The molecule has 2 amide bonds. The highest BCUT2D eigenvalue weighted by atomic mass is 32.1. The van der Waals surface area contributed by atoms with Crippen molar-refractivity contribution in [2.75, 3.05) is 26.7 Å². The average Bonchev–Trinajstić information content (AvgIpc) is 3.21. The van der Waals surface area contributed by atoms with E-state index in [1.54, 1.807) is 24.5 Å². The predicted octanol–water partition coefficient (Wildman–Crippen LogP) is 2.22. The quantitative estimate of drug-likeness (QED) is 0.843. The molecule has 26 heavy (non-hydrogen) atoms. The van der Waals surface area contributed by atoms with E-state index < -0.39 is 0 Å². The number of hydrogen-bond acceptors (Lipinski definition) is 5. The van der Waals surface area contributed by atoms with Crippen molar-refractivity contribution in [3.05, 3.63) is 46.4 Å². The Hall–Kier alpha value is -2.41. The fourth-order valence-electron chi connectivity index (χ4n) is 3.06. The molecule has 1 aromatic heterocycles. The van der Waals surface area contributed by atoms with E-state index in [4.69, 9.17) is 4.74 Å². The Morgan fingerprint density at radius 3 is 2.85 bits per heavy atom. The second kappa shape index (κ2) is 8.80. The standard InChI is InChI=1S/C19H23N3O3S/c1-20-17(23)13-25-16-4-2-3-14(11-16)12-18(24)22-8-5-15(6-9-22)19-21-7-10-26-19/h2-4,7,10-11,15H,5-6,8-9,12-13H2,1H3,(H,20,23). The first kappa shape index (κ1) is 18.4. The molecule has 1 N–H and O–H groups in total. The summed E-state index contributed by atoms with van der Waals surface area (Å²) in [5.74, 6) is 1.02. The van der Waals surface area contributed by atoms with Gasteiger partial charge in [-0.05, 0) is 30.5 Å². The Morgan fingerprint density at radius 1 is 1.35 bits per heavy atom. The van der Waals surface area contributed by atoms with Crippen LogP contribution < -0.4 is 10.1 Å². The van der Waals surface area contributed by atoms with Crippen LogP contribution in [0.4, 0.5) is 0 Å². The Balaban J connectivity index is 1.51. The molecule has 1 aliphatic heterocycles. The van der Waals surface area contributed by atoms with E-state index in [9.17, 15) is 9.59 Å². The first-order valence-electron chi connectivity index (χ1n) is 8.75. The van der Waals surface area contributed by atoms with Crippen molar-refractivity contribution in [3.63, 3.8) is 0 Å². The van der Waals surface area contributed by atoms with Gasteiger partial charge in [-0.15, -0.1) is 11.3 Å². The minimum absolute atomic E-state index is 0.0296. The maximum absolute atomic E-state index is 12.6. The smallest absolute Gasteiger partial charge is 0.257 e. The summed E-state index contributed by atoms with van der Waals surface area (Å²) in [7, 11) is 1.57. The number of rotatable bonds is 6. The van der Waals surface area contributed by atoms with E-state index in [1.807, 2.05) is 34.7 Å². The second-order valence-corrected chi connectivity index (χ2v) is 7.24. The third-order valence-corrected chi connectivity index (χ3v) is 5.49. The van der Waals surface area contributed by atoms with Crippen molar-refractivity contribution in [2.45, 2.75) is 25.2 Å². The van der Waals surface area contributed by atoms with Gasteiger partial charge in [0.15, 0.2) is 6.61 Å². The van der Waals surface area contributed by atoms with Crippen LogP contribution in [0, 0.1) is 0 Å². The molecule has 1 aromatic carbocycles. The molecule has 0 radical (unpaired) electrons. The van der Waals surface area contributed by atoms with Crippen LogP contribution >= 0.6 is 11.3 Å². The minimum atomic E-state index is -0.186. The highest BCUT2D eigenvalue weighted by Gasteiger charge is 2.25. The van der Waals surface area contributed by atoms with Crippen LogP contribution in [-0.4, -0.2) is 48.4 Å². The van der Waals surface area contributed by atoms with Crippen LogP contribution in [0.1, 0.15) is 29.3 Å². The van der Waals surface area contributed by atoms with Gasteiger partial charge in [0, 0.05) is 37.6 Å². The molecule has 0 bridgehead atoms. The second-order valence-electron chi connectivity index (χ2n) is 6.31. The summed E-state index contributed by atoms with van der Waals surface area (Å²) >= 11 is 1.69. The number of aromatic nitrogens is 1. The van der Waals surface area contributed by atoms with Gasteiger partial charge in [0.25, 0.3) is 5.91 Å². The number of likely N-dealkylation sites (N-methyl/N-ethyl adjacent to an activating group) is 1. The van der Waals surface area contributed by atoms with Gasteiger partial charge in [0.2, 0.25) is 5.91 Å². The number of carbonyl (C=O) groups excluding carboxylic acids is 2. The summed E-state index contributed by atoms with van der Waals surface area (Å²) in [5, 5.41) is 5.69.